The lowest BCUT2D eigenvalue weighted by molar-refractivity contribution is 0.00569. The molecule has 0 saturated carbocycles. The number of ether oxygens (including phenoxy) is 1. The largest absolute Gasteiger partial charge is 0.367 e. The first kappa shape index (κ1) is 13.0. The molecule has 1 aromatic heterocycles. The molecule has 5 heteroatoms. The van der Waals surface area contributed by atoms with Gasteiger partial charge in [0.1, 0.15) is 11.4 Å². The smallest absolute Gasteiger partial charge is 0.165 e. The monoisotopic (exact) mass is 301 g/mol. The summed E-state index contributed by atoms with van der Waals surface area (Å²) in [5.41, 5.74) is -0.248. The predicted octanol–water partition coefficient (Wildman–Crippen LogP) is 2.85. The summed E-state index contributed by atoms with van der Waals surface area (Å²) in [6, 6.07) is 0. The van der Waals surface area contributed by atoms with Crippen molar-refractivity contribution in [1.82, 2.24) is 14.8 Å². The van der Waals surface area contributed by atoms with E-state index in [1.54, 1.807) is 0 Å². The molecule has 96 valence electrons. The zero-order valence-corrected chi connectivity index (χ0v) is 12.3. The molecule has 0 radical (unpaired) electrons. The van der Waals surface area contributed by atoms with E-state index in [2.05, 4.69) is 51.5 Å². The van der Waals surface area contributed by atoms with Crippen molar-refractivity contribution >= 4 is 15.9 Å². The molecule has 0 amide bonds. The van der Waals surface area contributed by atoms with Crippen LogP contribution in [0.2, 0.25) is 0 Å². The first-order valence-corrected chi connectivity index (χ1v) is 7.31. The maximum absolute atomic E-state index is 5.87. The van der Waals surface area contributed by atoms with E-state index >= 15 is 0 Å². The summed E-state index contributed by atoms with van der Waals surface area (Å²) in [7, 11) is 0. The summed E-state index contributed by atoms with van der Waals surface area (Å²) in [5, 5.41) is 9.35. The fraction of sp³-hybridized carbons (Fsp3) is 0.833. The third kappa shape index (κ3) is 2.55. The molecule has 2 heterocycles. The van der Waals surface area contributed by atoms with E-state index in [0.717, 1.165) is 43.0 Å². The Morgan fingerprint density at radius 3 is 2.76 bits per heavy atom. The third-order valence-electron chi connectivity index (χ3n) is 3.19. The van der Waals surface area contributed by atoms with Crippen LogP contribution in [0.3, 0.4) is 0 Å². The van der Waals surface area contributed by atoms with E-state index in [0.29, 0.717) is 5.92 Å². The number of nitrogens with zero attached hydrogens (tertiary/aromatic N) is 3. The molecular formula is C12H20BrN3O. The van der Waals surface area contributed by atoms with Gasteiger partial charge >= 0.3 is 0 Å². The molecule has 1 atom stereocenters. The van der Waals surface area contributed by atoms with Gasteiger partial charge in [-0.2, -0.15) is 0 Å². The SMILES string of the molecule is CC(C)Cn1c(CBr)nnc1C1(C)CCCO1. The van der Waals surface area contributed by atoms with Crippen LogP contribution in [-0.2, 0) is 22.2 Å². The topological polar surface area (TPSA) is 39.9 Å². The van der Waals surface area contributed by atoms with E-state index < -0.39 is 0 Å². The Morgan fingerprint density at radius 2 is 2.24 bits per heavy atom. The van der Waals surface area contributed by atoms with Gasteiger partial charge in [-0.3, -0.25) is 0 Å². The molecule has 1 aromatic rings. The zero-order valence-electron chi connectivity index (χ0n) is 10.7. The van der Waals surface area contributed by atoms with Crippen molar-refractivity contribution in [3.8, 4) is 0 Å². The van der Waals surface area contributed by atoms with Gasteiger partial charge in [0, 0.05) is 13.2 Å². The number of halogens is 1. The summed E-state index contributed by atoms with van der Waals surface area (Å²) in [5.74, 6) is 2.55. The van der Waals surface area contributed by atoms with Crippen LogP contribution in [0.25, 0.3) is 0 Å². The maximum atomic E-state index is 5.87. The third-order valence-corrected chi connectivity index (χ3v) is 3.69. The fourth-order valence-electron chi connectivity index (χ4n) is 2.34. The molecule has 0 spiro atoms. The second kappa shape index (κ2) is 5.06. The van der Waals surface area contributed by atoms with Crippen LogP contribution in [0.15, 0.2) is 0 Å². The maximum Gasteiger partial charge on any atom is 0.165 e. The highest BCUT2D eigenvalue weighted by Gasteiger charge is 2.37. The minimum absolute atomic E-state index is 0.248. The van der Waals surface area contributed by atoms with E-state index in [-0.39, 0.29) is 5.60 Å². The second-order valence-electron chi connectivity index (χ2n) is 5.26. The molecule has 0 aliphatic carbocycles. The van der Waals surface area contributed by atoms with Crippen molar-refractivity contribution in [2.24, 2.45) is 5.92 Å². The van der Waals surface area contributed by atoms with Gasteiger partial charge in [0.05, 0.1) is 5.33 Å². The average molecular weight is 302 g/mol. The van der Waals surface area contributed by atoms with Crippen molar-refractivity contribution in [3.63, 3.8) is 0 Å². The van der Waals surface area contributed by atoms with E-state index in [9.17, 15) is 0 Å². The van der Waals surface area contributed by atoms with Crippen molar-refractivity contribution in [3.05, 3.63) is 11.6 Å². The Balaban J connectivity index is 2.36. The zero-order chi connectivity index (χ0) is 12.5. The molecule has 17 heavy (non-hydrogen) atoms. The van der Waals surface area contributed by atoms with Crippen LogP contribution >= 0.6 is 15.9 Å². The molecule has 1 aliphatic heterocycles. The molecule has 1 saturated heterocycles. The minimum atomic E-state index is -0.248. The van der Waals surface area contributed by atoms with Crippen LogP contribution in [0.1, 0.15) is 45.3 Å². The summed E-state index contributed by atoms with van der Waals surface area (Å²) in [6.45, 7) is 8.31. The first-order valence-electron chi connectivity index (χ1n) is 6.19. The van der Waals surface area contributed by atoms with Gasteiger partial charge in [0.15, 0.2) is 5.82 Å². The summed E-state index contributed by atoms with van der Waals surface area (Å²) in [6.07, 6.45) is 2.14. The lowest BCUT2D eigenvalue weighted by Gasteiger charge is -2.24. The molecule has 0 aromatic carbocycles. The van der Waals surface area contributed by atoms with E-state index in [1.165, 1.54) is 0 Å². The van der Waals surface area contributed by atoms with Gasteiger partial charge in [-0.1, -0.05) is 29.8 Å². The Labute approximate surface area is 111 Å². The van der Waals surface area contributed by atoms with Gasteiger partial charge in [0.25, 0.3) is 0 Å². The first-order chi connectivity index (χ1) is 8.07. The van der Waals surface area contributed by atoms with Crippen LogP contribution in [0.4, 0.5) is 0 Å². The van der Waals surface area contributed by atoms with Crippen LogP contribution in [0, 0.1) is 5.92 Å². The van der Waals surface area contributed by atoms with E-state index in [4.69, 9.17) is 4.74 Å². The normalized spacial score (nSPS) is 24.8. The minimum Gasteiger partial charge on any atom is -0.367 e. The summed E-state index contributed by atoms with van der Waals surface area (Å²) in [4.78, 5) is 0. The Hall–Kier alpha value is -0.420. The fourth-order valence-corrected chi connectivity index (χ4v) is 2.75. The summed E-state index contributed by atoms with van der Waals surface area (Å²) < 4.78 is 8.08. The van der Waals surface area contributed by atoms with Gasteiger partial charge in [-0.05, 0) is 25.7 Å². The van der Waals surface area contributed by atoms with Crippen molar-refractivity contribution in [1.29, 1.82) is 0 Å². The van der Waals surface area contributed by atoms with Crippen molar-refractivity contribution in [2.75, 3.05) is 6.61 Å². The number of hydrogen-bond acceptors (Lipinski definition) is 3. The molecule has 0 bridgehead atoms. The van der Waals surface area contributed by atoms with Gasteiger partial charge < -0.3 is 9.30 Å². The molecule has 1 aliphatic rings. The number of rotatable bonds is 4. The molecule has 2 rings (SSSR count). The highest BCUT2D eigenvalue weighted by Crippen LogP contribution is 2.35. The van der Waals surface area contributed by atoms with Gasteiger partial charge in [-0.25, -0.2) is 0 Å². The standard InChI is InChI=1S/C12H20BrN3O/c1-9(2)8-16-10(7-13)14-15-11(16)12(3)5-4-6-17-12/h9H,4-8H2,1-3H3. The molecule has 0 N–H and O–H groups in total. The second-order valence-corrected chi connectivity index (χ2v) is 5.82. The average Bonchev–Trinajstić information content (AvgIpc) is 2.85. The Kier molecular flexibility index (Phi) is 3.88. The molecule has 4 nitrogen and oxygen atoms in total. The van der Waals surface area contributed by atoms with E-state index in [1.807, 2.05) is 0 Å². The van der Waals surface area contributed by atoms with Crippen molar-refractivity contribution < 1.29 is 4.74 Å². The molecule has 1 unspecified atom stereocenters. The Morgan fingerprint density at radius 1 is 1.47 bits per heavy atom. The number of alkyl halides is 1. The van der Waals surface area contributed by atoms with Gasteiger partial charge in [-0.15, -0.1) is 10.2 Å². The lowest BCUT2D eigenvalue weighted by Crippen LogP contribution is -2.27. The predicted molar refractivity (Wildman–Crippen MR) is 70.0 cm³/mol. The molecule has 1 fully saturated rings. The van der Waals surface area contributed by atoms with Crippen molar-refractivity contribution in [2.45, 2.75) is 51.1 Å². The number of hydrogen-bond donors (Lipinski definition) is 0. The van der Waals surface area contributed by atoms with Gasteiger partial charge in [0.2, 0.25) is 0 Å². The highest BCUT2D eigenvalue weighted by molar-refractivity contribution is 9.08. The summed E-state index contributed by atoms with van der Waals surface area (Å²) >= 11 is 3.47. The quantitative estimate of drug-likeness (QED) is 0.803. The lowest BCUT2D eigenvalue weighted by atomic mass is 10.0. The highest BCUT2D eigenvalue weighted by atomic mass is 79.9. The van der Waals surface area contributed by atoms with Crippen LogP contribution < -0.4 is 0 Å². The van der Waals surface area contributed by atoms with Crippen LogP contribution in [0.5, 0.6) is 0 Å². The number of aromatic nitrogens is 3. The Bertz CT molecular complexity index is 383. The van der Waals surface area contributed by atoms with Crippen LogP contribution in [-0.4, -0.2) is 21.4 Å². The molecular weight excluding hydrogens is 282 g/mol.